The molecule has 0 aromatic heterocycles. The van der Waals surface area contributed by atoms with Crippen molar-refractivity contribution in [2.45, 2.75) is 52.7 Å². The van der Waals surface area contributed by atoms with E-state index in [1.165, 1.54) is 12.1 Å². The first-order chi connectivity index (χ1) is 10.1. The Bertz CT molecular complexity index is 518. The van der Waals surface area contributed by atoms with Crippen molar-refractivity contribution in [1.82, 2.24) is 5.32 Å². The molecule has 1 unspecified atom stereocenters. The van der Waals surface area contributed by atoms with E-state index in [2.05, 4.69) is 5.32 Å². The molecule has 0 fully saturated rings. The van der Waals surface area contributed by atoms with E-state index in [1.807, 2.05) is 34.6 Å². The lowest BCUT2D eigenvalue weighted by Crippen LogP contribution is -2.42. The monoisotopic (exact) mass is 308 g/mol. The van der Waals surface area contributed by atoms with Gasteiger partial charge in [-0.15, -0.1) is 0 Å². The Balaban J connectivity index is 2.72. The van der Waals surface area contributed by atoms with E-state index in [4.69, 9.17) is 4.74 Å². The van der Waals surface area contributed by atoms with Crippen molar-refractivity contribution in [2.24, 2.45) is 5.92 Å². The summed E-state index contributed by atoms with van der Waals surface area (Å²) in [5, 5.41) is 13.5. The summed E-state index contributed by atoms with van der Waals surface area (Å²) >= 11 is 0. The highest BCUT2D eigenvalue weighted by Gasteiger charge is 2.21. The first-order valence-corrected chi connectivity index (χ1v) is 7.31. The third-order valence-electron chi connectivity index (χ3n) is 3.11. The summed E-state index contributed by atoms with van der Waals surface area (Å²) in [6.07, 6.45) is 0.141. The molecular weight excluding hydrogens is 284 g/mol. The summed E-state index contributed by atoms with van der Waals surface area (Å²) in [7, 11) is 0. The number of nitrogens with one attached hydrogen (secondary N) is 1. The molecule has 1 N–H and O–H groups in total. The van der Waals surface area contributed by atoms with Crippen LogP contribution in [0.2, 0.25) is 0 Å². The van der Waals surface area contributed by atoms with Crippen LogP contribution in [0, 0.1) is 16.0 Å². The van der Waals surface area contributed by atoms with Crippen LogP contribution in [-0.4, -0.2) is 22.7 Å². The third kappa shape index (κ3) is 6.11. The smallest absolute Gasteiger partial charge is 0.407 e. The maximum Gasteiger partial charge on any atom is 0.407 e. The van der Waals surface area contributed by atoms with Gasteiger partial charge in [0.05, 0.1) is 4.92 Å². The van der Waals surface area contributed by atoms with Gasteiger partial charge < -0.3 is 10.1 Å². The van der Waals surface area contributed by atoms with Gasteiger partial charge in [0.2, 0.25) is 0 Å². The number of ether oxygens (including phenoxy) is 1. The second kappa shape index (κ2) is 7.24. The Hall–Kier alpha value is -2.11. The average molecular weight is 308 g/mol. The molecule has 0 aliphatic carbocycles. The van der Waals surface area contributed by atoms with Crippen LogP contribution in [0.15, 0.2) is 24.3 Å². The molecule has 1 aromatic rings. The van der Waals surface area contributed by atoms with Crippen molar-refractivity contribution >= 4 is 11.8 Å². The molecule has 0 aliphatic rings. The van der Waals surface area contributed by atoms with Gasteiger partial charge in [-0.05, 0) is 38.7 Å². The highest BCUT2D eigenvalue weighted by atomic mass is 16.6. The van der Waals surface area contributed by atoms with Crippen molar-refractivity contribution in [3.63, 3.8) is 0 Å². The summed E-state index contributed by atoms with van der Waals surface area (Å²) in [6, 6.07) is 6.27. The number of rotatable bonds is 5. The fourth-order valence-electron chi connectivity index (χ4n) is 1.92. The van der Waals surface area contributed by atoms with E-state index >= 15 is 0 Å². The number of nitro groups is 1. The largest absolute Gasteiger partial charge is 0.444 e. The molecule has 22 heavy (non-hydrogen) atoms. The standard InChI is InChI=1S/C16H24N2O4/c1-11(2)14(17-15(19)22-16(3,4)5)10-12-6-8-13(9-7-12)18(20)21/h6-9,11,14H,10H2,1-5H3,(H,17,19). The number of hydrogen-bond donors (Lipinski definition) is 1. The van der Waals surface area contributed by atoms with Gasteiger partial charge in [0.25, 0.3) is 5.69 Å². The van der Waals surface area contributed by atoms with Crippen LogP contribution in [0.25, 0.3) is 0 Å². The van der Waals surface area contributed by atoms with Gasteiger partial charge in [-0.2, -0.15) is 0 Å². The fourth-order valence-corrected chi connectivity index (χ4v) is 1.92. The normalized spacial score (nSPS) is 12.8. The number of carbonyl (C=O) groups excluding carboxylic acids is 1. The van der Waals surface area contributed by atoms with Gasteiger partial charge in [0.1, 0.15) is 5.60 Å². The molecule has 0 radical (unpaired) electrons. The van der Waals surface area contributed by atoms with Crippen LogP contribution in [0.4, 0.5) is 10.5 Å². The zero-order chi connectivity index (χ0) is 16.9. The minimum Gasteiger partial charge on any atom is -0.444 e. The molecule has 0 bridgehead atoms. The molecule has 0 spiro atoms. The van der Waals surface area contributed by atoms with Gasteiger partial charge >= 0.3 is 6.09 Å². The van der Waals surface area contributed by atoms with E-state index in [9.17, 15) is 14.9 Å². The van der Waals surface area contributed by atoms with Crippen LogP contribution in [0.1, 0.15) is 40.2 Å². The van der Waals surface area contributed by atoms with E-state index in [1.54, 1.807) is 12.1 Å². The quantitative estimate of drug-likeness (QED) is 0.664. The lowest BCUT2D eigenvalue weighted by Gasteiger charge is -2.25. The van der Waals surface area contributed by atoms with Crippen molar-refractivity contribution < 1.29 is 14.5 Å². The molecular formula is C16H24N2O4. The Kier molecular flexibility index (Phi) is 5.91. The van der Waals surface area contributed by atoms with E-state index in [-0.39, 0.29) is 17.6 Å². The number of nitrogens with zero attached hydrogens (tertiary/aromatic N) is 1. The molecule has 0 aliphatic heterocycles. The molecule has 1 rings (SSSR count). The van der Waals surface area contributed by atoms with E-state index in [0.717, 1.165) is 5.56 Å². The zero-order valence-corrected chi connectivity index (χ0v) is 13.8. The molecule has 1 aromatic carbocycles. The summed E-state index contributed by atoms with van der Waals surface area (Å²) in [5.41, 5.74) is 0.448. The van der Waals surface area contributed by atoms with Crippen LogP contribution in [0.3, 0.4) is 0 Å². The number of nitro benzene ring substituents is 1. The zero-order valence-electron chi connectivity index (χ0n) is 13.8. The number of amides is 1. The summed E-state index contributed by atoms with van der Waals surface area (Å²) in [4.78, 5) is 22.1. The number of non-ortho nitro benzene ring substituents is 1. The van der Waals surface area contributed by atoms with Gasteiger partial charge in [-0.3, -0.25) is 10.1 Å². The molecule has 122 valence electrons. The first kappa shape index (κ1) is 17.9. The van der Waals surface area contributed by atoms with Gasteiger partial charge in [0.15, 0.2) is 0 Å². The first-order valence-electron chi connectivity index (χ1n) is 7.31. The maximum absolute atomic E-state index is 11.9. The van der Waals surface area contributed by atoms with Crippen molar-refractivity contribution in [3.05, 3.63) is 39.9 Å². The second-order valence-electron chi connectivity index (χ2n) is 6.62. The number of alkyl carbamates (subject to hydrolysis) is 1. The topological polar surface area (TPSA) is 81.5 Å². The van der Waals surface area contributed by atoms with Crippen LogP contribution in [-0.2, 0) is 11.2 Å². The Morgan fingerprint density at radius 1 is 1.27 bits per heavy atom. The lowest BCUT2D eigenvalue weighted by atomic mass is 9.96. The van der Waals surface area contributed by atoms with Crippen molar-refractivity contribution in [2.75, 3.05) is 0 Å². The highest BCUT2D eigenvalue weighted by Crippen LogP contribution is 2.16. The van der Waals surface area contributed by atoms with E-state index in [0.29, 0.717) is 6.42 Å². The molecule has 0 saturated heterocycles. The number of carbonyl (C=O) groups is 1. The Morgan fingerprint density at radius 2 is 1.82 bits per heavy atom. The Labute approximate surface area is 131 Å². The minimum absolute atomic E-state index is 0.0601. The lowest BCUT2D eigenvalue weighted by molar-refractivity contribution is -0.384. The number of benzene rings is 1. The van der Waals surface area contributed by atoms with Crippen LogP contribution < -0.4 is 5.32 Å². The van der Waals surface area contributed by atoms with Crippen LogP contribution >= 0.6 is 0 Å². The number of hydrogen-bond acceptors (Lipinski definition) is 4. The summed E-state index contributed by atoms with van der Waals surface area (Å²) < 4.78 is 5.27. The van der Waals surface area contributed by atoms with Gasteiger partial charge in [-0.1, -0.05) is 26.0 Å². The Morgan fingerprint density at radius 3 is 2.23 bits per heavy atom. The SMILES string of the molecule is CC(C)C(Cc1ccc([N+](=O)[O-])cc1)NC(=O)OC(C)(C)C. The second-order valence-corrected chi connectivity index (χ2v) is 6.62. The van der Waals surface area contributed by atoms with Gasteiger partial charge in [0, 0.05) is 18.2 Å². The maximum atomic E-state index is 11.9. The molecule has 1 amide bonds. The molecule has 1 atom stereocenters. The average Bonchev–Trinajstić information content (AvgIpc) is 2.36. The fraction of sp³-hybridized carbons (Fsp3) is 0.562. The van der Waals surface area contributed by atoms with E-state index < -0.39 is 16.6 Å². The third-order valence-corrected chi connectivity index (χ3v) is 3.11. The summed E-state index contributed by atoms with van der Waals surface area (Å²) in [5.74, 6) is 0.211. The predicted molar refractivity (Wildman–Crippen MR) is 84.8 cm³/mol. The predicted octanol–water partition coefficient (Wildman–Crippen LogP) is 3.69. The molecule has 0 heterocycles. The minimum atomic E-state index is -0.543. The van der Waals surface area contributed by atoms with Crippen LogP contribution in [0.5, 0.6) is 0 Å². The van der Waals surface area contributed by atoms with Crippen molar-refractivity contribution in [1.29, 1.82) is 0 Å². The highest BCUT2D eigenvalue weighted by molar-refractivity contribution is 5.68. The van der Waals surface area contributed by atoms with Crippen molar-refractivity contribution in [3.8, 4) is 0 Å². The summed E-state index contributed by atoms with van der Waals surface area (Å²) in [6.45, 7) is 9.45. The van der Waals surface area contributed by atoms with Gasteiger partial charge in [-0.25, -0.2) is 4.79 Å². The molecule has 6 nitrogen and oxygen atoms in total. The molecule has 0 saturated carbocycles. The molecule has 6 heteroatoms.